The first kappa shape index (κ1) is 13.7. The van der Waals surface area contributed by atoms with E-state index in [9.17, 15) is 21.6 Å². The van der Waals surface area contributed by atoms with Crippen molar-refractivity contribution in [1.29, 1.82) is 0 Å². The van der Waals surface area contributed by atoms with E-state index in [1.165, 1.54) is 6.07 Å². The van der Waals surface area contributed by atoms with Crippen molar-refractivity contribution in [2.45, 2.75) is 12.7 Å². The summed E-state index contributed by atoms with van der Waals surface area (Å²) in [5, 5.41) is 4.62. The van der Waals surface area contributed by atoms with Gasteiger partial charge < -0.3 is 5.73 Å². The highest BCUT2D eigenvalue weighted by molar-refractivity contribution is 7.90. The van der Waals surface area contributed by atoms with Crippen molar-refractivity contribution in [1.82, 2.24) is 0 Å². The summed E-state index contributed by atoms with van der Waals surface area (Å²) in [6.45, 7) is -0.0846. The number of nitrogens with one attached hydrogen (secondary N) is 1. The zero-order valence-electron chi connectivity index (χ0n) is 8.45. The Labute approximate surface area is 95.8 Å². The van der Waals surface area contributed by atoms with Gasteiger partial charge in [0.15, 0.2) is 0 Å². The van der Waals surface area contributed by atoms with Crippen LogP contribution in [0.15, 0.2) is 18.2 Å². The van der Waals surface area contributed by atoms with Crippen LogP contribution < -0.4 is 15.6 Å². The monoisotopic (exact) mass is 269 g/mol. The Kier molecular flexibility index (Phi) is 3.65. The third-order valence-corrected chi connectivity index (χ3v) is 2.38. The second kappa shape index (κ2) is 4.51. The summed E-state index contributed by atoms with van der Waals surface area (Å²) in [5.74, 6) is 0. The Morgan fingerprint density at radius 2 is 1.88 bits per heavy atom. The lowest BCUT2D eigenvalue weighted by atomic mass is 10.1. The van der Waals surface area contributed by atoms with Gasteiger partial charge in [-0.1, -0.05) is 6.07 Å². The molecule has 0 saturated heterocycles. The van der Waals surface area contributed by atoms with Crippen LogP contribution >= 0.6 is 0 Å². The van der Waals surface area contributed by atoms with Gasteiger partial charge in [0.25, 0.3) is 10.2 Å². The number of alkyl halides is 3. The number of anilines is 1. The van der Waals surface area contributed by atoms with Gasteiger partial charge in [-0.15, -0.1) is 0 Å². The fraction of sp³-hybridized carbons (Fsp3) is 0.250. The molecule has 0 unspecified atom stereocenters. The number of rotatable bonds is 3. The molecular weight excluding hydrogens is 259 g/mol. The number of benzene rings is 1. The Hall–Kier alpha value is -1.32. The van der Waals surface area contributed by atoms with Gasteiger partial charge in [0, 0.05) is 6.54 Å². The van der Waals surface area contributed by atoms with Gasteiger partial charge in [0.1, 0.15) is 0 Å². The Morgan fingerprint density at radius 3 is 2.29 bits per heavy atom. The van der Waals surface area contributed by atoms with Crippen LogP contribution in [-0.4, -0.2) is 8.42 Å². The van der Waals surface area contributed by atoms with Crippen molar-refractivity contribution in [3.8, 4) is 0 Å². The lowest BCUT2D eigenvalue weighted by molar-refractivity contribution is -0.136. The summed E-state index contributed by atoms with van der Waals surface area (Å²) >= 11 is 0. The van der Waals surface area contributed by atoms with E-state index in [1.807, 2.05) is 0 Å². The Bertz CT molecular complexity index is 513. The number of hydrogen-bond acceptors (Lipinski definition) is 3. The van der Waals surface area contributed by atoms with E-state index in [0.29, 0.717) is 0 Å². The maximum Gasteiger partial charge on any atom is 0.418 e. The molecule has 0 aliphatic carbocycles. The SMILES string of the molecule is NCc1ccc(NS(N)(=O)=O)c(C(F)(F)F)c1. The standard InChI is InChI=1S/C8H10F3N3O2S/c9-8(10,11)6-3-5(4-12)1-2-7(6)14-17(13,15)16/h1-3,14H,4,12H2,(H2,13,15,16). The summed E-state index contributed by atoms with van der Waals surface area (Å²) in [7, 11) is -4.26. The largest absolute Gasteiger partial charge is 0.418 e. The number of halogens is 3. The van der Waals surface area contributed by atoms with Crippen LogP contribution in [0.1, 0.15) is 11.1 Å². The molecule has 17 heavy (non-hydrogen) atoms. The van der Waals surface area contributed by atoms with E-state index in [1.54, 1.807) is 4.72 Å². The van der Waals surface area contributed by atoms with Gasteiger partial charge in [0.05, 0.1) is 11.3 Å². The van der Waals surface area contributed by atoms with Crippen molar-refractivity contribution < 1.29 is 21.6 Å². The highest BCUT2D eigenvalue weighted by atomic mass is 32.2. The molecule has 0 aromatic heterocycles. The molecular formula is C8H10F3N3O2S. The van der Waals surface area contributed by atoms with Crippen molar-refractivity contribution in [3.63, 3.8) is 0 Å². The molecule has 0 aliphatic rings. The number of nitrogens with two attached hydrogens (primary N) is 2. The van der Waals surface area contributed by atoms with Gasteiger partial charge in [0.2, 0.25) is 0 Å². The summed E-state index contributed by atoms with van der Waals surface area (Å²) in [6, 6.07) is 3.02. The minimum Gasteiger partial charge on any atom is -0.326 e. The van der Waals surface area contributed by atoms with Gasteiger partial charge in [-0.2, -0.15) is 21.6 Å². The minimum absolute atomic E-state index is 0.0846. The molecule has 1 aromatic carbocycles. The molecule has 1 rings (SSSR count). The quantitative estimate of drug-likeness (QED) is 0.756. The predicted molar refractivity (Wildman–Crippen MR) is 56.1 cm³/mol. The van der Waals surface area contributed by atoms with Crippen LogP contribution in [0.2, 0.25) is 0 Å². The summed E-state index contributed by atoms with van der Waals surface area (Å²) < 4.78 is 60.9. The molecule has 5 nitrogen and oxygen atoms in total. The van der Waals surface area contributed by atoms with Crippen LogP contribution in [-0.2, 0) is 22.9 Å². The maximum absolute atomic E-state index is 12.6. The zero-order valence-corrected chi connectivity index (χ0v) is 9.27. The van der Waals surface area contributed by atoms with Crippen LogP contribution in [0.4, 0.5) is 18.9 Å². The van der Waals surface area contributed by atoms with E-state index in [-0.39, 0.29) is 12.1 Å². The fourth-order valence-corrected chi connectivity index (χ4v) is 1.68. The first-order valence-corrected chi connectivity index (χ1v) is 5.89. The lowest BCUT2D eigenvalue weighted by Gasteiger charge is -2.14. The van der Waals surface area contributed by atoms with Crippen molar-refractivity contribution >= 4 is 15.9 Å². The third-order valence-electron chi connectivity index (χ3n) is 1.88. The highest BCUT2D eigenvalue weighted by Gasteiger charge is 2.34. The molecule has 0 amide bonds. The summed E-state index contributed by atoms with van der Waals surface area (Å²) in [4.78, 5) is 0. The van der Waals surface area contributed by atoms with Crippen LogP contribution in [0, 0.1) is 0 Å². The van der Waals surface area contributed by atoms with Crippen molar-refractivity contribution in [2.24, 2.45) is 10.9 Å². The number of hydrogen-bond donors (Lipinski definition) is 3. The molecule has 1 aromatic rings. The highest BCUT2D eigenvalue weighted by Crippen LogP contribution is 2.35. The topological polar surface area (TPSA) is 98.2 Å². The smallest absolute Gasteiger partial charge is 0.326 e. The van der Waals surface area contributed by atoms with Crippen LogP contribution in [0.3, 0.4) is 0 Å². The molecule has 0 saturated carbocycles. The van der Waals surface area contributed by atoms with Crippen LogP contribution in [0.25, 0.3) is 0 Å². The molecule has 0 fully saturated rings. The third kappa shape index (κ3) is 3.88. The lowest BCUT2D eigenvalue weighted by Crippen LogP contribution is -2.24. The molecule has 0 bridgehead atoms. The first-order chi connectivity index (χ1) is 7.63. The molecule has 9 heteroatoms. The average Bonchev–Trinajstić information content (AvgIpc) is 2.14. The molecule has 0 atom stereocenters. The fourth-order valence-electron chi connectivity index (χ4n) is 1.20. The average molecular weight is 269 g/mol. The first-order valence-electron chi connectivity index (χ1n) is 4.34. The van der Waals surface area contributed by atoms with Gasteiger partial charge in [-0.05, 0) is 17.7 Å². The molecule has 0 radical (unpaired) electrons. The van der Waals surface area contributed by atoms with E-state index in [4.69, 9.17) is 5.73 Å². The summed E-state index contributed by atoms with van der Waals surface area (Å²) in [5.41, 5.74) is 3.68. The molecule has 0 heterocycles. The molecule has 5 N–H and O–H groups in total. The van der Waals surface area contributed by atoms with Crippen molar-refractivity contribution in [2.75, 3.05) is 4.72 Å². The van der Waals surface area contributed by atoms with E-state index < -0.39 is 27.6 Å². The van der Waals surface area contributed by atoms with E-state index >= 15 is 0 Å². The Balaban J connectivity index is 3.30. The maximum atomic E-state index is 12.6. The van der Waals surface area contributed by atoms with Gasteiger partial charge in [-0.25, -0.2) is 5.14 Å². The van der Waals surface area contributed by atoms with Gasteiger partial charge in [-0.3, -0.25) is 4.72 Å². The Morgan fingerprint density at radius 1 is 1.29 bits per heavy atom. The van der Waals surface area contributed by atoms with Gasteiger partial charge >= 0.3 is 6.18 Å². The molecule has 0 aliphatic heterocycles. The molecule has 0 spiro atoms. The predicted octanol–water partition coefficient (Wildman–Crippen LogP) is 0.780. The second-order valence-electron chi connectivity index (χ2n) is 3.23. The van der Waals surface area contributed by atoms with Crippen LogP contribution in [0.5, 0.6) is 0 Å². The molecule has 96 valence electrons. The zero-order chi connectivity index (χ0) is 13.3. The van der Waals surface area contributed by atoms with E-state index in [0.717, 1.165) is 12.1 Å². The normalized spacial score (nSPS) is 12.5. The van der Waals surface area contributed by atoms with Crippen molar-refractivity contribution in [3.05, 3.63) is 29.3 Å². The van der Waals surface area contributed by atoms with E-state index in [2.05, 4.69) is 5.14 Å². The minimum atomic E-state index is -4.70. The second-order valence-corrected chi connectivity index (χ2v) is 4.52. The summed E-state index contributed by atoms with van der Waals surface area (Å²) in [6.07, 6.45) is -4.70.